The molecule has 0 aliphatic carbocycles. The highest BCUT2D eigenvalue weighted by Crippen LogP contribution is 2.18. The first kappa shape index (κ1) is 13.9. The Hall–Kier alpha value is -1.51. The normalized spacial score (nSPS) is 12.3. The van der Waals surface area contributed by atoms with Gasteiger partial charge in [0.15, 0.2) is 5.82 Å². The van der Waals surface area contributed by atoms with Crippen LogP contribution in [0.5, 0.6) is 0 Å². The number of rotatable bonds is 5. The van der Waals surface area contributed by atoms with Crippen molar-refractivity contribution in [1.82, 2.24) is 20.2 Å². The zero-order chi connectivity index (χ0) is 13.8. The Bertz CT molecular complexity index is 567. The lowest BCUT2D eigenvalue weighted by atomic mass is 10.1. The topological polar surface area (TPSA) is 80.9 Å². The number of tetrazole rings is 1. The highest BCUT2D eigenvalue weighted by molar-refractivity contribution is 14.1. The molecule has 0 fully saturated rings. The van der Waals surface area contributed by atoms with Crippen molar-refractivity contribution in [2.45, 2.75) is 19.9 Å². The van der Waals surface area contributed by atoms with Crippen molar-refractivity contribution >= 4 is 28.6 Å². The quantitative estimate of drug-likeness (QED) is 0.813. The minimum atomic E-state index is -0.802. The lowest BCUT2D eigenvalue weighted by molar-refractivity contribution is -0.141. The minimum Gasteiger partial charge on any atom is -0.481 e. The fourth-order valence-electron chi connectivity index (χ4n) is 1.60. The van der Waals surface area contributed by atoms with Crippen LogP contribution in [0.4, 0.5) is 0 Å². The summed E-state index contributed by atoms with van der Waals surface area (Å²) in [5.74, 6) is -0.549. The minimum absolute atomic E-state index is 0.409. The summed E-state index contributed by atoms with van der Waals surface area (Å²) in [4.78, 5) is 10.8. The smallest absolute Gasteiger partial charge is 0.306 e. The van der Waals surface area contributed by atoms with Crippen molar-refractivity contribution in [2.24, 2.45) is 5.92 Å². The molecule has 0 spiro atoms. The maximum Gasteiger partial charge on any atom is 0.306 e. The summed E-state index contributed by atoms with van der Waals surface area (Å²) >= 11 is 2.23. The molecule has 0 aliphatic heterocycles. The van der Waals surface area contributed by atoms with Gasteiger partial charge in [-0.2, -0.15) is 0 Å². The molecule has 1 unspecified atom stereocenters. The molecule has 1 heterocycles. The predicted molar refractivity (Wildman–Crippen MR) is 77.4 cm³/mol. The van der Waals surface area contributed by atoms with Gasteiger partial charge < -0.3 is 5.11 Å². The van der Waals surface area contributed by atoms with E-state index >= 15 is 0 Å². The van der Waals surface area contributed by atoms with Gasteiger partial charge in [-0.1, -0.05) is 19.1 Å². The van der Waals surface area contributed by atoms with Gasteiger partial charge in [-0.3, -0.25) is 4.79 Å². The van der Waals surface area contributed by atoms with Gasteiger partial charge in [-0.15, -0.1) is 5.10 Å². The number of carboxylic acid groups (broad SMARTS) is 1. The Balaban J connectivity index is 2.14. The SMILES string of the molecule is CC(CCn1nnnc1-c1ccc(I)cc1)C(=O)O. The lowest BCUT2D eigenvalue weighted by Gasteiger charge is -2.07. The van der Waals surface area contributed by atoms with Crippen molar-refractivity contribution < 1.29 is 9.90 Å². The molecule has 0 aliphatic rings. The Morgan fingerprint density at radius 3 is 2.74 bits per heavy atom. The molecule has 1 atom stereocenters. The van der Waals surface area contributed by atoms with Crippen molar-refractivity contribution in [2.75, 3.05) is 0 Å². The summed E-state index contributed by atoms with van der Waals surface area (Å²) in [6.45, 7) is 2.17. The second-order valence-corrected chi connectivity index (χ2v) is 5.51. The van der Waals surface area contributed by atoms with Gasteiger partial charge in [0, 0.05) is 15.7 Å². The summed E-state index contributed by atoms with van der Waals surface area (Å²) in [5, 5.41) is 20.4. The summed E-state index contributed by atoms with van der Waals surface area (Å²) in [7, 11) is 0. The average Bonchev–Trinajstić information content (AvgIpc) is 2.85. The molecule has 1 N–H and O–H groups in total. The standard InChI is InChI=1S/C12H13IN4O2/c1-8(12(18)19)6-7-17-11(14-15-16-17)9-2-4-10(13)5-3-9/h2-5,8H,6-7H2,1H3,(H,18,19). The Kier molecular flexibility index (Phi) is 4.46. The van der Waals surface area contributed by atoms with Crippen LogP contribution in [-0.4, -0.2) is 31.3 Å². The van der Waals surface area contributed by atoms with Crippen LogP contribution in [0, 0.1) is 9.49 Å². The lowest BCUT2D eigenvalue weighted by Crippen LogP contribution is -2.13. The second kappa shape index (κ2) is 6.09. The first-order valence-corrected chi connectivity index (χ1v) is 6.90. The van der Waals surface area contributed by atoms with Crippen LogP contribution in [-0.2, 0) is 11.3 Å². The molecule has 0 bridgehead atoms. The van der Waals surface area contributed by atoms with Crippen LogP contribution in [0.2, 0.25) is 0 Å². The third kappa shape index (κ3) is 3.49. The van der Waals surface area contributed by atoms with E-state index < -0.39 is 11.9 Å². The van der Waals surface area contributed by atoms with Crippen LogP contribution in [0.25, 0.3) is 11.4 Å². The first-order chi connectivity index (χ1) is 9.08. The van der Waals surface area contributed by atoms with Crippen LogP contribution in [0.1, 0.15) is 13.3 Å². The molecule has 0 amide bonds. The van der Waals surface area contributed by atoms with Gasteiger partial charge >= 0.3 is 5.97 Å². The predicted octanol–water partition coefficient (Wildman–Crippen LogP) is 2.06. The van der Waals surface area contributed by atoms with Gasteiger partial charge in [0.2, 0.25) is 0 Å². The number of hydrogen-bond donors (Lipinski definition) is 1. The van der Waals surface area contributed by atoms with E-state index in [-0.39, 0.29) is 0 Å². The van der Waals surface area contributed by atoms with Crippen LogP contribution >= 0.6 is 22.6 Å². The molecular formula is C12H13IN4O2. The Morgan fingerprint density at radius 2 is 2.11 bits per heavy atom. The molecule has 2 rings (SSSR count). The van der Waals surface area contributed by atoms with Crippen LogP contribution in [0.15, 0.2) is 24.3 Å². The van der Waals surface area contributed by atoms with E-state index in [4.69, 9.17) is 5.11 Å². The second-order valence-electron chi connectivity index (χ2n) is 4.26. The summed E-state index contributed by atoms with van der Waals surface area (Å²) in [6, 6.07) is 7.86. The zero-order valence-corrected chi connectivity index (χ0v) is 12.5. The summed E-state index contributed by atoms with van der Waals surface area (Å²) < 4.78 is 2.78. The monoisotopic (exact) mass is 372 g/mol. The van der Waals surface area contributed by atoms with Gasteiger partial charge in [0.25, 0.3) is 0 Å². The molecular weight excluding hydrogens is 359 g/mol. The summed E-state index contributed by atoms with van der Waals surface area (Å²) in [5.41, 5.74) is 0.924. The number of aliphatic carboxylic acids is 1. The highest BCUT2D eigenvalue weighted by Gasteiger charge is 2.14. The van der Waals surface area contributed by atoms with E-state index in [0.29, 0.717) is 18.8 Å². The van der Waals surface area contributed by atoms with Crippen molar-refractivity contribution in [1.29, 1.82) is 0 Å². The number of benzene rings is 1. The molecule has 100 valence electrons. The molecule has 19 heavy (non-hydrogen) atoms. The molecule has 2 aromatic rings. The molecule has 6 nitrogen and oxygen atoms in total. The third-order valence-corrected chi connectivity index (χ3v) is 3.55. The van der Waals surface area contributed by atoms with E-state index in [9.17, 15) is 4.79 Å². The highest BCUT2D eigenvalue weighted by atomic mass is 127. The number of aryl methyl sites for hydroxylation is 1. The van der Waals surface area contributed by atoms with Crippen molar-refractivity contribution in [3.05, 3.63) is 27.8 Å². The number of nitrogens with zero attached hydrogens (tertiary/aromatic N) is 4. The molecule has 0 radical (unpaired) electrons. The molecule has 0 saturated carbocycles. The van der Waals surface area contributed by atoms with E-state index in [2.05, 4.69) is 38.1 Å². The number of carbonyl (C=O) groups is 1. The fourth-order valence-corrected chi connectivity index (χ4v) is 1.96. The molecule has 7 heteroatoms. The van der Waals surface area contributed by atoms with E-state index in [1.54, 1.807) is 11.6 Å². The largest absolute Gasteiger partial charge is 0.481 e. The van der Waals surface area contributed by atoms with Crippen molar-refractivity contribution in [3.63, 3.8) is 0 Å². The fraction of sp³-hybridized carbons (Fsp3) is 0.333. The van der Waals surface area contributed by atoms with Gasteiger partial charge in [-0.25, -0.2) is 4.68 Å². The third-order valence-electron chi connectivity index (χ3n) is 2.83. The summed E-state index contributed by atoms with van der Waals surface area (Å²) in [6.07, 6.45) is 0.498. The maximum absolute atomic E-state index is 10.8. The molecule has 0 saturated heterocycles. The Labute approximate surface area is 124 Å². The van der Waals surface area contributed by atoms with Gasteiger partial charge in [0.05, 0.1) is 5.92 Å². The zero-order valence-electron chi connectivity index (χ0n) is 10.3. The average molecular weight is 372 g/mol. The number of aromatic nitrogens is 4. The number of hydrogen-bond acceptors (Lipinski definition) is 4. The van der Waals surface area contributed by atoms with E-state index in [0.717, 1.165) is 9.13 Å². The Morgan fingerprint density at radius 1 is 1.42 bits per heavy atom. The van der Waals surface area contributed by atoms with E-state index in [1.165, 1.54) is 0 Å². The van der Waals surface area contributed by atoms with Crippen molar-refractivity contribution in [3.8, 4) is 11.4 Å². The van der Waals surface area contributed by atoms with Gasteiger partial charge in [-0.05, 0) is 51.6 Å². The van der Waals surface area contributed by atoms with E-state index in [1.807, 2.05) is 24.3 Å². The van der Waals surface area contributed by atoms with Gasteiger partial charge in [0.1, 0.15) is 0 Å². The van der Waals surface area contributed by atoms with Crippen LogP contribution in [0.3, 0.4) is 0 Å². The number of carboxylic acids is 1. The number of halogens is 1. The van der Waals surface area contributed by atoms with Crippen LogP contribution < -0.4 is 0 Å². The first-order valence-electron chi connectivity index (χ1n) is 5.83. The molecule has 1 aromatic heterocycles. The molecule has 1 aromatic carbocycles. The maximum atomic E-state index is 10.8.